The third-order valence-electron chi connectivity index (χ3n) is 5.24. The van der Waals surface area contributed by atoms with Gasteiger partial charge in [0.05, 0.1) is 43.3 Å². The van der Waals surface area contributed by atoms with Crippen molar-refractivity contribution in [1.82, 2.24) is 19.5 Å². The van der Waals surface area contributed by atoms with Crippen LogP contribution in [0.15, 0.2) is 6.33 Å². The van der Waals surface area contributed by atoms with Crippen LogP contribution in [0.2, 0.25) is 0 Å². The standard InChI is InChI=1S/C20H34N5O7P/c1-11(2)31-33(27,32-12(3)4)29-8-14-16(26)20(6,9-28-7)19(30-14)25-10-22-15-17(21)23-13(5)24-18(15)25/h10-12,14,16,19,26H,8-9H2,1-7H3,(H2,21,23,24)/t14-,16?,19-,20+/m1/s1. The molecule has 1 aliphatic rings. The number of rotatable bonds is 10. The lowest BCUT2D eigenvalue weighted by Crippen LogP contribution is -2.41. The molecule has 13 heteroatoms. The first kappa shape index (κ1) is 26.0. The molecule has 0 aliphatic carbocycles. The molecule has 0 amide bonds. The summed E-state index contributed by atoms with van der Waals surface area (Å²) in [4.78, 5) is 12.9. The van der Waals surface area contributed by atoms with Gasteiger partial charge in [-0.15, -0.1) is 0 Å². The van der Waals surface area contributed by atoms with Crippen molar-refractivity contribution in [1.29, 1.82) is 0 Å². The van der Waals surface area contributed by atoms with E-state index >= 15 is 0 Å². The number of aryl methyl sites for hydroxylation is 1. The zero-order valence-corrected chi connectivity index (χ0v) is 21.0. The SMILES string of the molecule is COC[C@@]1(C)C(O)[C@@H](COP(=O)(OC(C)C)OC(C)C)O[C@H]1n1cnc2c(N)nc(C)nc21. The van der Waals surface area contributed by atoms with Gasteiger partial charge in [-0.25, -0.2) is 19.5 Å². The maximum atomic E-state index is 13.1. The minimum atomic E-state index is -3.88. The Balaban J connectivity index is 1.91. The monoisotopic (exact) mass is 487 g/mol. The first-order chi connectivity index (χ1) is 15.4. The van der Waals surface area contributed by atoms with Gasteiger partial charge in [-0.1, -0.05) is 6.92 Å². The molecular formula is C20H34N5O7P. The molecule has 3 N–H and O–H groups in total. The van der Waals surface area contributed by atoms with E-state index in [0.717, 1.165) is 0 Å². The normalized spacial score (nSPS) is 26.2. The Morgan fingerprint density at radius 1 is 1.27 bits per heavy atom. The number of aliphatic hydroxyl groups excluding tert-OH is 1. The number of aromatic nitrogens is 4. The minimum Gasteiger partial charge on any atom is -0.389 e. The highest BCUT2D eigenvalue weighted by molar-refractivity contribution is 7.48. The van der Waals surface area contributed by atoms with E-state index in [1.54, 1.807) is 45.5 Å². The maximum Gasteiger partial charge on any atom is 0.475 e. The molecule has 1 aliphatic heterocycles. The predicted octanol–water partition coefficient (Wildman–Crippen LogP) is 2.60. The van der Waals surface area contributed by atoms with Gasteiger partial charge in [0.15, 0.2) is 11.5 Å². The molecule has 1 unspecified atom stereocenters. The number of ether oxygens (including phenoxy) is 2. The van der Waals surface area contributed by atoms with E-state index in [0.29, 0.717) is 17.0 Å². The largest absolute Gasteiger partial charge is 0.475 e. The van der Waals surface area contributed by atoms with Gasteiger partial charge in [-0.05, 0) is 34.6 Å². The Bertz CT molecular complexity index is 1000. The average molecular weight is 487 g/mol. The summed E-state index contributed by atoms with van der Waals surface area (Å²) in [5.41, 5.74) is 5.99. The number of phosphoric ester groups is 1. The minimum absolute atomic E-state index is 0.164. The number of anilines is 1. The van der Waals surface area contributed by atoms with Crippen LogP contribution in [0.4, 0.5) is 5.82 Å². The van der Waals surface area contributed by atoms with Gasteiger partial charge in [0.25, 0.3) is 0 Å². The van der Waals surface area contributed by atoms with Crippen molar-refractivity contribution in [3.8, 4) is 0 Å². The first-order valence-corrected chi connectivity index (χ1v) is 12.3. The van der Waals surface area contributed by atoms with Crippen molar-refractivity contribution in [3.05, 3.63) is 12.2 Å². The summed E-state index contributed by atoms with van der Waals surface area (Å²) >= 11 is 0. The number of imidazole rings is 1. The highest BCUT2D eigenvalue weighted by Crippen LogP contribution is 2.53. The number of phosphoric acid groups is 1. The molecule has 1 saturated heterocycles. The molecule has 0 saturated carbocycles. The van der Waals surface area contributed by atoms with Crippen molar-refractivity contribution in [2.45, 2.75) is 72.2 Å². The van der Waals surface area contributed by atoms with Gasteiger partial charge in [-0.3, -0.25) is 18.1 Å². The summed E-state index contributed by atoms with van der Waals surface area (Å²) in [6, 6.07) is 0. The Kier molecular flexibility index (Phi) is 7.79. The quantitative estimate of drug-likeness (QED) is 0.475. The Labute approximate surface area is 193 Å². The number of fused-ring (bicyclic) bond motifs is 1. The fourth-order valence-corrected chi connectivity index (χ4v) is 5.47. The third kappa shape index (κ3) is 5.37. The van der Waals surface area contributed by atoms with E-state index in [1.165, 1.54) is 7.11 Å². The Hall–Kier alpha value is -1.66. The Morgan fingerprint density at radius 2 is 1.91 bits per heavy atom. The molecule has 33 heavy (non-hydrogen) atoms. The lowest BCUT2D eigenvalue weighted by atomic mass is 9.83. The van der Waals surface area contributed by atoms with E-state index in [1.807, 2.05) is 6.92 Å². The molecule has 0 aromatic carbocycles. The van der Waals surface area contributed by atoms with E-state index < -0.39 is 31.7 Å². The van der Waals surface area contributed by atoms with Crippen LogP contribution in [0.25, 0.3) is 11.2 Å². The molecule has 0 spiro atoms. The van der Waals surface area contributed by atoms with Gasteiger partial charge >= 0.3 is 7.82 Å². The van der Waals surface area contributed by atoms with Gasteiger partial charge in [0, 0.05) is 7.11 Å². The van der Waals surface area contributed by atoms with E-state index in [-0.39, 0.29) is 31.2 Å². The summed E-state index contributed by atoms with van der Waals surface area (Å²) in [7, 11) is -2.34. The number of nitrogen functional groups attached to an aromatic ring is 1. The molecule has 4 atom stereocenters. The van der Waals surface area contributed by atoms with Crippen molar-refractivity contribution in [3.63, 3.8) is 0 Å². The van der Waals surface area contributed by atoms with Crippen LogP contribution in [0.3, 0.4) is 0 Å². The number of aliphatic hydroxyl groups is 1. The topological polar surface area (TPSA) is 153 Å². The van der Waals surface area contributed by atoms with E-state index in [9.17, 15) is 9.67 Å². The fraction of sp³-hybridized carbons (Fsp3) is 0.750. The molecule has 3 rings (SSSR count). The van der Waals surface area contributed by atoms with Crippen LogP contribution in [0, 0.1) is 12.3 Å². The van der Waals surface area contributed by atoms with Crippen LogP contribution in [-0.2, 0) is 27.6 Å². The van der Waals surface area contributed by atoms with Crippen LogP contribution in [-0.4, -0.2) is 69.4 Å². The van der Waals surface area contributed by atoms with Gasteiger partial charge < -0.3 is 20.3 Å². The van der Waals surface area contributed by atoms with Crippen molar-refractivity contribution in [2.75, 3.05) is 26.1 Å². The molecule has 186 valence electrons. The van der Waals surface area contributed by atoms with Gasteiger partial charge in [0.1, 0.15) is 23.7 Å². The average Bonchev–Trinajstić information content (AvgIpc) is 3.19. The number of nitrogens with zero attached hydrogens (tertiary/aromatic N) is 4. The summed E-state index contributed by atoms with van der Waals surface area (Å²) in [5.74, 6) is 0.729. The van der Waals surface area contributed by atoms with Crippen LogP contribution >= 0.6 is 7.82 Å². The lowest BCUT2D eigenvalue weighted by Gasteiger charge is -2.32. The second-order valence-corrected chi connectivity index (χ2v) is 10.5. The zero-order chi connectivity index (χ0) is 24.6. The molecular weight excluding hydrogens is 453 g/mol. The lowest BCUT2D eigenvalue weighted by molar-refractivity contribution is -0.0661. The Morgan fingerprint density at radius 3 is 2.48 bits per heavy atom. The second kappa shape index (κ2) is 9.91. The van der Waals surface area contributed by atoms with Crippen molar-refractivity contribution in [2.24, 2.45) is 5.41 Å². The van der Waals surface area contributed by atoms with Crippen LogP contribution < -0.4 is 5.73 Å². The summed E-state index contributed by atoms with van der Waals surface area (Å²) in [6.45, 7) is 10.4. The molecule has 12 nitrogen and oxygen atoms in total. The predicted molar refractivity (Wildman–Crippen MR) is 120 cm³/mol. The number of nitrogens with two attached hydrogens (primary N) is 1. The molecule has 2 aromatic heterocycles. The fourth-order valence-electron chi connectivity index (χ4n) is 3.94. The van der Waals surface area contributed by atoms with E-state index in [4.69, 9.17) is 28.8 Å². The third-order valence-corrected chi connectivity index (χ3v) is 7.07. The molecule has 2 aromatic rings. The highest BCUT2D eigenvalue weighted by Gasteiger charge is 2.55. The molecule has 0 radical (unpaired) electrons. The second-order valence-electron chi connectivity index (χ2n) is 8.94. The van der Waals surface area contributed by atoms with Crippen LogP contribution in [0.5, 0.6) is 0 Å². The number of hydrogen-bond acceptors (Lipinski definition) is 11. The van der Waals surface area contributed by atoms with Crippen molar-refractivity contribution >= 4 is 24.8 Å². The molecule has 0 bridgehead atoms. The maximum absolute atomic E-state index is 13.1. The number of hydrogen-bond donors (Lipinski definition) is 2. The molecule has 1 fully saturated rings. The smallest absolute Gasteiger partial charge is 0.389 e. The zero-order valence-electron chi connectivity index (χ0n) is 20.1. The number of methoxy groups -OCH3 is 1. The van der Waals surface area contributed by atoms with Gasteiger partial charge in [0.2, 0.25) is 0 Å². The first-order valence-electron chi connectivity index (χ1n) is 10.8. The highest BCUT2D eigenvalue weighted by atomic mass is 31.2. The summed E-state index contributed by atoms with van der Waals surface area (Å²) < 4.78 is 42.8. The van der Waals surface area contributed by atoms with E-state index in [2.05, 4.69) is 15.0 Å². The summed E-state index contributed by atoms with van der Waals surface area (Å²) in [6.07, 6.45) is -1.85. The van der Waals surface area contributed by atoms with Gasteiger partial charge in [-0.2, -0.15) is 0 Å². The summed E-state index contributed by atoms with van der Waals surface area (Å²) in [5, 5.41) is 11.2. The van der Waals surface area contributed by atoms with Crippen LogP contribution in [0.1, 0.15) is 46.7 Å². The van der Waals surface area contributed by atoms with Crippen molar-refractivity contribution < 1.29 is 32.7 Å². The molecule has 3 heterocycles.